The second-order valence-corrected chi connectivity index (χ2v) is 8.67. The first-order chi connectivity index (χ1) is 17.1. The number of rotatable bonds is 10. The van der Waals surface area contributed by atoms with Crippen LogP contribution in [0.3, 0.4) is 0 Å². The number of ether oxygens (including phenoxy) is 1. The Bertz CT molecular complexity index is 1230. The van der Waals surface area contributed by atoms with Crippen molar-refractivity contribution in [3.05, 3.63) is 84.8 Å². The van der Waals surface area contributed by atoms with E-state index >= 15 is 0 Å². The lowest BCUT2D eigenvalue weighted by molar-refractivity contribution is -0.697. The second kappa shape index (κ2) is 13.8. The minimum Gasteiger partial charge on any atom is -1.00 e. The van der Waals surface area contributed by atoms with Gasteiger partial charge in [-0.1, -0.05) is 19.1 Å². The van der Waals surface area contributed by atoms with E-state index in [1.807, 2.05) is 36.4 Å². The van der Waals surface area contributed by atoms with Crippen molar-refractivity contribution in [1.29, 1.82) is 0 Å². The summed E-state index contributed by atoms with van der Waals surface area (Å²) in [6.07, 6.45) is 9.01. The number of nitrogens with zero attached hydrogens (tertiary/aromatic N) is 2. The molecule has 0 saturated carbocycles. The van der Waals surface area contributed by atoms with E-state index in [1.165, 1.54) is 5.56 Å². The number of hydrogen-bond donors (Lipinski definition) is 2. The van der Waals surface area contributed by atoms with Gasteiger partial charge in [0.25, 0.3) is 0 Å². The summed E-state index contributed by atoms with van der Waals surface area (Å²) in [5, 5.41) is 7.06. The van der Waals surface area contributed by atoms with Crippen molar-refractivity contribution in [2.24, 2.45) is 0 Å². The van der Waals surface area contributed by atoms with Crippen LogP contribution in [0.1, 0.15) is 25.3 Å². The lowest BCUT2D eigenvalue weighted by Crippen LogP contribution is -3.00. The van der Waals surface area contributed by atoms with Crippen LogP contribution < -0.4 is 36.9 Å². The zero-order chi connectivity index (χ0) is 24.5. The summed E-state index contributed by atoms with van der Waals surface area (Å²) in [5.41, 5.74) is 4.24. The summed E-state index contributed by atoms with van der Waals surface area (Å²) in [4.78, 5) is 4.45. The molecule has 4 aromatic rings. The smallest absolute Gasteiger partial charge is 0.227 e. The van der Waals surface area contributed by atoms with Gasteiger partial charge >= 0.3 is 0 Å². The van der Waals surface area contributed by atoms with Gasteiger partial charge in [0.15, 0.2) is 23.3 Å². The van der Waals surface area contributed by atoms with Gasteiger partial charge in [-0.2, -0.15) is 0 Å². The number of methoxy groups -OCH3 is 1. The largest absolute Gasteiger partial charge is 1.00 e. The third kappa shape index (κ3) is 7.63. The third-order valence-electron chi connectivity index (χ3n) is 5.65. The molecule has 0 atom stereocenters. The number of anilines is 1. The van der Waals surface area contributed by atoms with E-state index in [4.69, 9.17) is 21.4 Å². The number of pyridine rings is 1. The molecule has 8 heteroatoms. The Morgan fingerprint density at radius 1 is 1.00 bits per heavy atom. The topological polar surface area (TPSA) is 63.2 Å². The maximum absolute atomic E-state index is 5.98. The van der Waals surface area contributed by atoms with Crippen molar-refractivity contribution < 1.29 is 30.7 Å². The van der Waals surface area contributed by atoms with E-state index in [1.54, 1.807) is 13.3 Å². The molecule has 0 aliphatic carbocycles. The van der Waals surface area contributed by atoms with Crippen LogP contribution in [0.5, 0.6) is 5.75 Å². The summed E-state index contributed by atoms with van der Waals surface area (Å²) in [7, 11) is 1.66. The van der Waals surface area contributed by atoms with Gasteiger partial charge in [0.2, 0.25) is 5.89 Å². The lowest BCUT2D eigenvalue weighted by Gasteiger charge is -2.10. The van der Waals surface area contributed by atoms with Gasteiger partial charge in [-0.25, -0.2) is 9.55 Å². The molecule has 2 aromatic carbocycles. The first-order valence-corrected chi connectivity index (χ1v) is 12.3. The summed E-state index contributed by atoms with van der Waals surface area (Å²) in [6.45, 7) is 3.94. The van der Waals surface area contributed by atoms with E-state index in [-0.39, 0.29) is 17.0 Å². The summed E-state index contributed by atoms with van der Waals surface area (Å²) >= 11 is 5.29. The zero-order valence-corrected chi connectivity index (χ0v) is 22.9. The summed E-state index contributed by atoms with van der Waals surface area (Å²) in [6, 6.07) is 20.3. The highest BCUT2D eigenvalue weighted by Crippen LogP contribution is 2.26. The molecule has 4 rings (SSSR count). The number of halogens is 1. The molecule has 0 fully saturated rings. The predicted molar refractivity (Wildman–Crippen MR) is 143 cm³/mol. The molecule has 0 spiro atoms. The van der Waals surface area contributed by atoms with Gasteiger partial charge < -0.3 is 36.8 Å². The number of hydrogen-bond acceptors (Lipinski definition) is 4. The standard InChI is InChI=1S/C28H30N4O2S.BrH/c1-3-16-29-28(35)31-24-10-6-21(7-11-24)5-4-17-32-18-14-23(15-19-32)27-30-20-26(34-27)22-8-12-25(33-2)13-9-22;/h6-15,18-20H,3-5,16-17H2,1-2H3,(H-,29,31,35);1H. The number of nitrogens with one attached hydrogen (secondary N) is 2. The van der Waals surface area contributed by atoms with E-state index in [0.29, 0.717) is 11.0 Å². The van der Waals surface area contributed by atoms with Crippen molar-refractivity contribution in [2.45, 2.75) is 32.7 Å². The van der Waals surface area contributed by atoms with Crippen LogP contribution in [-0.4, -0.2) is 23.8 Å². The third-order valence-corrected chi connectivity index (χ3v) is 5.89. The number of aryl methyl sites for hydroxylation is 2. The molecule has 2 N–H and O–H groups in total. The molecule has 0 saturated heterocycles. The molecule has 0 radical (unpaired) electrons. The fraction of sp³-hybridized carbons (Fsp3) is 0.250. The van der Waals surface area contributed by atoms with Crippen LogP contribution in [0.2, 0.25) is 0 Å². The van der Waals surface area contributed by atoms with Gasteiger partial charge in [0, 0.05) is 41.9 Å². The van der Waals surface area contributed by atoms with Gasteiger partial charge in [0.05, 0.1) is 13.3 Å². The Morgan fingerprint density at radius 3 is 2.39 bits per heavy atom. The van der Waals surface area contributed by atoms with Gasteiger partial charge in [0.1, 0.15) is 12.3 Å². The SMILES string of the molecule is CCCNC(=S)Nc1ccc(CCC[n+]2ccc(-c3ncc(-c4ccc(OC)cc4)o3)cc2)cc1.[Br-]. The fourth-order valence-electron chi connectivity index (χ4n) is 3.68. The van der Waals surface area contributed by atoms with Crippen molar-refractivity contribution in [3.8, 4) is 28.5 Å². The number of thiocarbonyl (C=S) groups is 1. The van der Waals surface area contributed by atoms with Crippen molar-refractivity contribution in [1.82, 2.24) is 10.3 Å². The Morgan fingerprint density at radius 2 is 1.72 bits per heavy atom. The molecule has 0 bridgehead atoms. The number of oxazole rings is 1. The first kappa shape index (κ1) is 27.4. The Balaban J connectivity index is 0.00000361. The highest BCUT2D eigenvalue weighted by Gasteiger charge is 2.11. The zero-order valence-electron chi connectivity index (χ0n) is 20.5. The van der Waals surface area contributed by atoms with Crippen LogP contribution in [0.15, 0.2) is 83.7 Å². The Hall–Kier alpha value is -3.23. The fourth-order valence-corrected chi connectivity index (χ4v) is 3.90. The van der Waals surface area contributed by atoms with Gasteiger partial charge in [-0.05, 0) is 67.0 Å². The number of benzene rings is 2. The van der Waals surface area contributed by atoms with Gasteiger partial charge in [-0.15, -0.1) is 0 Å². The van der Waals surface area contributed by atoms with Crippen molar-refractivity contribution >= 4 is 23.0 Å². The van der Waals surface area contributed by atoms with E-state index in [2.05, 4.69) is 63.8 Å². The molecule has 6 nitrogen and oxygen atoms in total. The summed E-state index contributed by atoms with van der Waals surface area (Å²) in [5.74, 6) is 2.16. The minimum absolute atomic E-state index is 0. The molecule has 0 aliphatic rings. The maximum atomic E-state index is 5.98. The minimum atomic E-state index is 0. The molecule has 0 aliphatic heterocycles. The Kier molecular flexibility index (Phi) is 10.5. The van der Waals surface area contributed by atoms with Crippen molar-refractivity contribution in [3.63, 3.8) is 0 Å². The summed E-state index contributed by atoms with van der Waals surface area (Å²) < 4.78 is 13.4. The van der Waals surface area contributed by atoms with Crippen LogP contribution in [0.4, 0.5) is 5.69 Å². The average Bonchev–Trinajstić information content (AvgIpc) is 3.39. The highest BCUT2D eigenvalue weighted by molar-refractivity contribution is 7.80. The molecule has 0 unspecified atom stereocenters. The van der Waals surface area contributed by atoms with E-state index in [9.17, 15) is 0 Å². The Labute approximate surface area is 228 Å². The maximum Gasteiger partial charge on any atom is 0.227 e. The van der Waals surface area contributed by atoms with Crippen LogP contribution in [-0.2, 0) is 13.0 Å². The molecule has 188 valence electrons. The normalized spacial score (nSPS) is 10.4. The second-order valence-electron chi connectivity index (χ2n) is 8.26. The van der Waals surface area contributed by atoms with E-state index in [0.717, 1.165) is 60.7 Å². The van der Waals surface area contributed by atoms with Crippen LogP contribution in [0, 0.1) is 0 Å². The van der Waals surface area contributed by atoms with Crippen LogP contribution in [0.25, 0.3) is 22.8 Å². The predicted octanol–water partition coefficient (Wildman–Crippen LogP) is 2.64. The monoisotopic (exact) mass is 566 g/mol. The molecule has 2 aromatic heterocycles. The quantitative estimate of drug-likeness (QED) is 0.227. The number of aromatic nitrogens is 2. The molecular formula is C28H31BrN4O2S. The van der Waals surface area contributed by atoms with Crippen LogP contribution >= 0.6 is 12.2 Å². The first-order valence-electron chi connectivity index (χ1n) is 11.9. The average molecular weight is 568 g/mol. The lowest BCUT2D eigenvalue weighted by atomic mass is 10.1. The molecular weight excluding hydrogens is 536 g/mol. The van der Waals surface area contributed by atoms with E-state index < -0.39 is 0 Å². The molecule has 0 amide bonds. The highest BCUT2D eigenvalue weighted by atomic mass is 79.9. The molecule has 2 heterocycles. The molecule has 36 heavy (non-hydrogen) atoms. The van der Waals surface area contributed by atoms with Gasteiger partial charge in [-0.3, -0.25) is 0 Å². The van der Waals surface area contributed by atoms with Crippen molar-refractivity contribution in [2.75, 3.05) is 19.0 Å².